The summed E-state index contributed by atoms with van der Waals surface area (Å²) in [5.41, 5.74) is 0. The third-order valence-electron chi connectivity index (χ3n) is 1.94. The van der Waals surface area contributed by atoms with Gasteiger partial charge in [0.05, 0.1) is 0 Å². The molecular weight excluding hydrogens is 154 g/mol. The van der Waals surface area contributed by atoms with E-state index in [1.807, 2.05) is 0 Å². The number of hydrogen-bond acceptors (Lipinski definition) is 3. The predicted molar refractivity (Wildman–Crippen MR) is 52.7 cm³/mol. The van der Waals surface area contributed by atoms with Crippen molar-refractivity contribution in [3.63, 3.8) is 0 Å². The van der Waals surface area contributed by atoms with Crippen molar-refractivity contribution in [2.45, 2.75) is 20.4 Å². The summed E-state index contributed by atoms with van der Waals surface area (Å²) < 4.78 is 2.28. The lowest BCUT2D eigenvalue weighted by Gasteiger charge is -2.34. The van der Waals surface area contributed by atoms with Crippen LogP contribution in [-0.2, 0) is 0 Å². The Bertz CT molecular complexity index is 99.9. The monoisotopic (exact) mass is 175 g/mol. The van der Waals surface area contributed by atoms with E-state index in [2.05, 4.69) is 49.0 Å². The zero-order chi connectivity index (χ0) is 8.91. The normalized spacial score (nSPS) is 12.5. The van der Waals surface area contributed by atoms with Gasteiger partial charge in [0.25, 0.3) is 8.56 Å². The highest BCUT2D eigenvalue weighted by molar-refractivity contribution is 6.70. The van der Waals surface area contributed by atoms with Gasteiger partial charge in [-0.2, -0.15) is 0 Å². The summed E-state index contributed by atoms with van der Waals surface area (Å²) in [6, 6.07) is 0. The van der Waals surface area contributed by atoms with Gasteiger partial charge in [0, 0.05) is 0 Å². The van der Waals surface area contributed by atoms with E-state index in [1.54, 1.807) is 0 Å². The molecule has 0 radical (unpaired) electrons. The van der Waals surface area contributed by atoms with Gasteiger partial charge in [-0.15, -0.1) is 0 Å². The van der Waals surface area contributed by atoms with Crippen LogP contribution in [0, 0.1) is 0 Å². The van der Waals surface area contributed by atoms with Crippen molar-refractivity contribution in [3.8, 4) is 0 Å². The molecule has 0 aromatic carbocycles. The van der Waals surface area contributed by atoms with Crippen LogP contribution in [0.2, 0.25) is 6.55 Å². The Balaban J connectivity index is 4.01. The molecule has 0 unspecified atom stereocenters. The molecule has 0 bridgehead atoms. The lowest BCUT2D eigenvalue weighted by molar-refractivity contribution is 0.563. The SMILES string of the molecule is CCN[Si](C)(NCC)N(C)C. The van der Waals surface area contributed by atoms with Crippen molar-refractivity contribution in [1.29, 1.82) is 0 Å². The summed E-state index contributed by atoms with van der Waals surface area (Å²) in [7, 11) is 2.75. The molecule has 0 aliphatic rings. The van der Waals surface area contributed by atoms with E-state index in [4.69, 9.17) is 0 Å². The Kier molecular flexibility index (Phi) is 4.91. The fourth-order valence-electron chi connectivity index (χ4n) is 1.07. The van der Waals surface area contributed by atoms with Crippen LogP contribution in [0.4, 0.5) is 0 Å². The van der Waals surface area contributed by atoms with Gasteiger partial charge in [0.15, 0.2) is 0 Å². The second-order valence-electron chi connectivity index (χ2n) is 3.03. The maximum Gasteiger partial charge on any atom is 0.280 e. The average molecular weight is 175 g/mol. The first-order chi connectivity index (χ1) is 5.06. The Morgan fingerprint density at radius 3 is 1.64 bits per heavy atom. The van der Waals surface area contributed by atoms with Crippen LogP contribution < -0.4 is 9.96 Å². The van der Waals surface area contributed by atoms with E-state index >= 15 is 0 Å². The maximum absolute atomic E-state index is 3.51. The van der Waals surface area contributed by atoms with Crippen molar-refractivity contribution in [2.24, 2.45) is 0 Å². The molecule has 0 saturated carbocycles. The van der Waals surface area contributed by atoms with E-state index < -0.39 is 8.56 Å². The number of nitrogens with zero attached hydrogens (tertiary/aromatic N) is 1. The number of rotatable bonds is 5. The minimum absolute atomic E-state index is 1.04. The van der Waals surface area contributed by atoms with Crippen molar-refractivity contribution in [1.82, 2.24) is 14.5 Å². The second-order valence-corrected chi connectivity index (χ2v) is 6.77. The molecular formula is C7H21N3Si. The van der Waals surface area contributed by atoms with Crippen LogP contribution in [0.3, 0.4) is 0 Å². The molecule has 3 nitrogen and oxygen atoms in total. The molecule has 0 saturated heterocycles. The molecule has 0 fully saturated rings. The molecule has 68 valence electrons. The molecule has 0 rings (SSSR count). The van der Waals surface area contributed by atoms with Gasteiger partial charge in [-0.25, -0.2) is 0 Å². The minimum Gasteiger partial charge on any atom is -0.314 e. The van der Waals surface area contributed by atoms with E-state index in [1.165, 1.54) is 0 Å². The number of nitrogens with one attached hydrogen (secondary N) is 2. The molecule has 0 aliphatic carbocycles. The first-order valence-corrected chi connectivity index (χ1v) is 6.69. The quantitative estimate of drug-likeness (QED) is 0.590. The molecule has 0 amide bonds. The Hall–Kier alpha value is 0.0969. The highest BCUT2D eigenvalue weighted by Gasteiger charge is 2.28. The highest BCUT2D eigenvalue weighted by Crippen LogP contribution is 1.95. The molecule has 0 spiro atoms. The maximum atomic E-state index is 3.51. The topological polar surface area (TPSA) is 27.3 Å². The van der Waals surface area contributed by atoms with Crippen molar-refractivity contribution in [3.05, 3.63) is 0 Å². The summed E-state index contributed by atoms with van der Waals surface area (Å²) >= 11 is 0. The van der Waals surface area contributed by atoms with Crippen LogP contribution in [0.25, 0.3) is 0 Å². The zero-order valence-electron chi connectivity index (χ0n) is 8.36. The minimum atomic E-state index is -1.49. The first kappa shape index (κ1) is 11.1. The molecule has 2 N–H and O–H groups in total. The molecule has 0 atom stereocenters. The van der Waals surface area contributed by atoms with E-state index in [-0.39, 0.29) is 0 Å². The molecule has 0 aromatic rings. The van der Waals surface area contributed by atoms with Crippen LogP contribution in [0.5, 0.6) is 0 Å². The van der Waals surface area contributed by atoms with E-state index in [9.17, 15) is 0 Å². The fourth-order valence-corrected chi connectivity index (χ4v) is 3.20. The Morgan fingerprint density at radius 2 is 1.45 bits per heavy atom. The van der Waals surface area contributed by atoms with Gasteiger partial charge in [0.2, 0.25) is 0 Å². The summed E-state index contributed by atoms with van der Waals surface area (Å²) in [6.07, 6.45) is 0. The third-order valence-corrected chi connectivity index (χ3v) is 5.81. The van der Waals surface area contributed by atoms with Crippen LogP contribution in [0.1, 0.15) is 13.8 Å². The van der Waals surface area contributed by atoms with E-state index in [0.717, 1.165) is 13.1 Å². The lowest BCUT2D eigenvalue weighted by Crippen LogP contribution is -2.69. The molecule has 4 heteroatoms. The number of hydrogen-bond donors (Lipinski definition) is 2. The summed E-state index contributed by atoms with van der Waals surface area (Å²) in [5.74, 6) is 0. The molecule has 0 aromatic heterocycles. The molecule has 0 heterocycles. The van der Waals surface area contributed by atoms with Crippen LogP contribution >= 0.6 is 0 Å². The van der Waals surface area contributed by atoms with Crippen molar-refractivity contribution < 1.29 is 0 Å². The highest BCUT2D eigenvalue weighted by atomic mass is 28.4. The fraction of sp³-hybridized carbons (Fsp3) is 1.00. The predicted octanol–water partition coefficient (Wildman–Crippen LogP) is 0.336. The van der Waals surface area contributed by atoms with Gasteiger partial charge in [-0.05, 0) is 33.7 Å². The standard InChI is InChI=1S/C7H21N3Si/c1-6-8-11(5,9-7-2)10(3)4/h8-9H,6-7H2,1-5H3. The van der Waals surface area contributed by atoms with Crippen LogP contribution in [-0.4, -0.2) is 40.3 Å². The first-order valence-electron chi connectivity index (χ1n) is 4.24. The van der Waals surface area contributed by atoms with Gasteiger partial charge in [-0.1, -0.05) is 13.8 Å². The van der Waals surface area contributed by atoms with Gasteiger partial charge >= 0.3 is 0 Å². The zero-order valence-corrected chi connectivity index (χ0v) is 9.36. The lowest BCUT2D eigenvalue weighted by atomic mass is 10.8. The van der Waals surface area contributed by atoms with Crippen molar-refractivity contribution >= 4 is 8.56 Å². The van der Waals surface area contributed by atoms with Crippen molar-refractivity contribution in [2.75, 3.05) is 27.2 Å². The Labute approximate surface area is 71.4 Å². The summed E-state index contributed by atoms with van der Waals surface area (Å²) in [6.45, 7) is 8.64. The Morgan fingerprint density at radius 1 is 1.09 bits per heavy atom. The second kappa shape index (κ2) is 4.87. The summed E-state index contributed by atoms with van der Waals surface area (Å²) in [4.78, 5) is 7.03. The average Bonchev–Trinajstić information content (AvgIpc) is 1.88. The molecule has 11 heavy (non-hydrogen) atoms. The summed E-state index contributed by atoms with van der Waals surface area (Å²) in [5, 5.41) is 0. The molecule has 0 aliphatic heterocycles. The van der Waals surface area contributed by atoms with Gasteiger partial charge < -0.3 is 14.5 Å². The van der Waals surface area contributed by atoms with Crippen LogP contribution in [0.15, 0.2) is 0 Å². The smallest absolute Gasteiger partial charge is 0.280 e. The van der Waals surface area contributed by atoms with E-state index in [0.29, 0.717) is 0 Å². The van der Waals surface area contributed by atoms with Gasteiger partial charge in [-0.3, -0.25) is 0 Å². The largest absolute Gasteiger partial charge is 0.314 e. The third kappa shape index (κ3) is 3.33. The van der Waals surface area contributed by atoms with Gasteiger partial charge in [0.1, 0.15) is 0 Å².